The zero-order chi connectivity index (χ0) is 12.7. The van der Waals surface area contributed by atoms with E-state index in [0.29, 0.717) is 13.1 Å². The van der Waals surface area contributed by atoms with Crippen LogP contribution in [0.4, 0.5) is 0 Å². The van der Waals surface area contributed by atoms with Crippen molar-refractivity contribution in [3.05, 3.63) is 18.0 Å². The minimum Gasteiger partial charge on any atom is -0.346 e. The third kappa shape index (κ3) is 4.34. The van der Waals surface area contributed by atoms with Crippen LogP contribution in [-0.2, 0) is 16.1 Å². The molecule has 0 saturated heterocycles. The van der Waals surface area contributed by atoms with Crippen LogP contribution in [0.3, 0.4) is 0 Å². The number of nitrogens with zero attached hydrogens (tertiary/aromatic N) is 3. The molecule has 1 heterocycles. The molecule has 0 bridgehead atoms. The standard InChI is InChI=1S/C10H13N5O2/c1-8-6-14-15(7-8)5-4-13-10(17)9(16)12-3-2-11/h6-7H,3-5H2,1H3,(H,12,16)(H,13,17). The molecule has 1 aromatic heterocycles. The molecule has 17 heavy (non-hydrogen) atoms. The van der Waals surface area contributed by atoms with E-state index in [0.717, 1.165) is 5.56 Å². The van der Waals surface area contributed by atoms with Crippen molar-refractivity contribution < 1.29 is 9.59 Å². The second-order valence-electron chi connectivity index (χ2n) is 3.38. The summed E-state index contributed by atoms with van der Waals surface area (Å²) in [6.07, 6.45) is 3.54. The fourth-order valence-corrected chi connectivity index (χ4v) is 1.15. The highest BCUT2D eigenvalue weighted by Crippen LogP contribution is 1.92. The number of nitrogens with one attached hydrogen (secondary N) is 2. The van der Waals surface area contributed by atoms with Gasteiger partial charge in [0, 0.05) is 12.7 Å². The van der Waals surface area contributed by atoms with E-state index in [-0.39, 0.29) is 6.54 Å². The highest BCUT2D eigenvalue weighted by molar-refractivity contribution is 6.35. The predicted octanol–water partition coefficient (Wildman–Crippen LogP) is -1.05. The molecule has 0 radical (unpaired) electrons. The van der Waals surface area contributed by atoms with Gasteiger partial charge in [0.2, 0.25) is 0 Å². The van der Waals surface area contributed by atoms with Crippen molar-refractivity contribution in [2.75, 3.05) is 13.1 Å². The SMILES string of the molecule is Cc1cnn(CCNC(=O)C(=O)NCC#N)c1. The van der Waals surface area contributed by atoms with Gasteiger partial charge in [0.15, 0.2) is 0 Å². The van der Waals surface area contributed by atoms with Crippen molar-refractivity contribution in [3.63, 3.8) is 0 Å². The fourth-order valence-electron chi connectivity index (χ4n) is 1.15. The van der Waals surface area contributed by atoms with Gasteiger partial charge in [-0.05, 0) is 12.5 Å². The van der Waals surface area contributed by atoms with Gasteiger partial charge in [-0.1, -0.05) is 0 Å². The van der Waals surface area contributed by atoms with Crippen molar-refractivity contribution in [2.24, 2.45) is 0 Å². The minimum atomic E-state index is -0.803. The van der Waals surface area contributed by atoms with E-state index in [1.807, 2.05) is 13.1 Å². The zero-order valence-corrected chi connectivity index (χ0v) is 9.43. The number of rotatable bonds is 4. The van der Waals surface area contributed by atoms with Crippen molar-refractivity contribution in [1.82, 2.24) is 20.4 Å². The molecule has 90 valence electrons. The van der Waals surface area contributed by atoms with Crippen LogP contribution in [0.1, 0.15) is 5.56 Å². The summed E-state index contributed by atoms with van der Waals surface area (Å²) >= 11 is 0. The molecule has 0 unspecified atom stereocenters. The lowest BCUT2D eigenvalue weighted by Crippen LogP contribution is -2.41. The Hall–Kier alpha value is -2.36. The van der Waals surface area contributed by atoms with Crippen LogP contribution >= 0.6 is 0 Å². The third-order valence-corrected chi connectivity index (χ3v) is 1.92. The van der Waals surface area contributed by atoms with Gasteiger partial charge < -0.3 is 10.6 Å². The van der Waals surface area contributed by atoms with Crippen LogP contribution in [0.15, 0.2) is 12.4 Å². The molecule has 0 aliphatic rings. The Kier molecular flexibility index (Phi) is 4.69. The van der Waals surface area contributed by atoms with Gasteiger partial charge in [0.25, 0.3) is 0 Å². The monoisotopic (exact) mass is 235 g/mol. The Bertz CT molecular complexity index is 446. The smallest absolute Gasteiger partial charge is 0.310 e. The van der Waals surface area contributed by atoms with Gasteiger partial charge in [0.05, 0.1) is 18.8 Å². The normalized spacial score (nSPS) is 9.41. The number of carbonyl (C=O) groups is 2. The maximum atomic E-state index is 11.2. The van der Waals surface area contributed by atoms with Crippen LogP contribution in [-0.4, -0.2) is 34.7 Å². The Labute approximate surface area is 98.4 Å². The highest BCUT2D eigenvalue weighted by Gasteiger charge is 2.11. The Morgan fingerprint density at radius 2 is 2.18 bits per heavy atom. The van der Waals surface area contributed by atoms with E-state index in [1.54, 1.807) is 16.9 Å². The Morgan fingerprint density at radius 1 is 1.47 bits per heavy atom. The number of hydrogen-bond acceptors (Lipinski definition) is 4. The van der Waals surface area contributed by atoms with Crippen molar-refractivity contribution in [3.8, 4) is 6.07 Å². The number of amides is 2. The van der Waals surface area contributed by atoms with Gasteiger partial charge in [-0.2, -0.15) is 10.4 Å². The summed E-state index contributed by atoms with van der Waals surface area (Å²) in [6, 6.07) is 1.71. The van der Waals surface area contributed by atoms with Crippen LogP contribution in [0.2, 0.25) is 0 Å². The van der Waals surface area contributed by atoms with E-state index in [9.17, 15) is 9.59 Å². The Morgan fingerprint density at radius 3 is 2.76 bits per heavy atom. The molecular weight excluding hydrogens is 222 g/mol. The lowest BCUT2D eigenvalue weighted by Gasteiger charge is -2.04. The molecule has 2 amide bonds. The van der Waals surface area contributed by atoms with E-state index in [4.69, 9.17) is 5.26 Å². The quantitative estimate of drug-likeness (QED) is 0.513. The number of aromatic nitrogens is 2. The summed E-state index contributed by atoms with van der Waals surface area (Å²) in [4.78, 5) is 22.2. The topological polar surface area (TPSA) is 99.8 Å². The molecule has 7 nitrogen and oxygen atoms in total. The molecule has 7 heteroatoms. The number of aryl methyl sites for hydroxylation is 1. The molecule has 0 aromatic carbocycles. The fraction of sp³-hybridized carbons (Fsp3) is 0.400. The molecule has 2 N–H and O–H groups in total. The van der Waals surface area contributed by atoms with E-state index in [1.165, 1.54) is 0 Å². The highest BCUT2D eigenvalue weighted by atomic mass is 16.2. The summed E-state index contributed by atoms with van der Waals surface area (Å²) in [6.45, 7) is 2.53. The average Bonchev–Trinajstić information content (AvgIpc) is 2.71. The van der Waals surface area contributed by atoms with E-state index in [2.05, 4.69) is 15.7 Å². The molecule has 1 aromatic rings. The molecule has 0 fully saturated rings. The van der Waals surface area contributed by atoms with Crippen LogP contribution < -0.4 is 10.6 Å². The summed E-state index contributed by atoms with van der Waals surface area (Å²) in [5, 5.41) is 16.8. The number of carbonyl (C=O) groups excluding carboxylic acids is 2. The number of hydrogen-bond donors (Lipinski definition) is 2. The maximum Gasteiger partial charge on any atom is 0.310 e. The average molecular weight is 235 g/mol. The van der Waals surface area contributed by atoms with Crippen molar-refractivity contribution >= 4 is 11.8 Å². The molecule has 0 aliphatic carbocycles. The second-order valence-corrected chi connectivity index (χ2v) is 3.38. The van der Waals surface area contributed by atoms with Crippen LogP contribution in [0.5, 0.6) is 0 Å². The van der Waals surface area contributed by atoms with E-state index < -0.39 is 11.8 Å². The number of nitriles is 1. The molecule has 1 rings (SSSR count). The summed E-state index contributed by atoms with van der Waals surface area (Å²) < 4.78 is 1.67. The van der Waals surface area contributed by atoms with Gasteiger partial charge >= 0.3 is 11.8 Å². The largest absolute Gasteiger partial charge is 0.346 e. The Balaban J connectivity index is 2.24. The summed E-state index contributed by atoms with van der Waals surface area (Å²) in [7, 11) is 0. The molecule has 0 spiro atoms. The summed E-state index contributed by atoms with van der Waals surface area (Å²) in [5.41, 5.74) is 1.03. The first kappa shape index (κ1) is 12.7. The molecular formula is C10H13N5O2. The van der Waals surface area contributed by atoms with Gasteiger partial charge in [0.1, 0.15) is 6.54 Å². The van der Waals surface area contributed by atoms with Crippen molar-refractivity contribution in [2.45, 2.75) is 13.5 Å². The maximum absolute atomic E-state index is 11.2. The van der Waals surface area contributed by atoms with Gasteiger partial charge in [-0.3, -0.25) is 14.3 Å². The first-order valence-corrected chi connectivity index (χ1v) is 5.05. The van der Waals surface area contributed by atoms with E-state index >= 15 is 0 Å². The first-order chi connectivity index (χ1) is 8.13. The molecule has 0 saturated carbocycles. The van der Waals surface area contributed by atoms with Gasteiger partial charge in [-0.15, -0.1) is 0 Å². The molecule has 0 aliphatic heterocycles. The third-order valence-electron chi connectivity index (χ3n) is 1.92. The first-order valence-electron chi connectivity index (χ1n) is 5.05. The molecule has 0 atom stereocenters. The predicted molar refractivity (Wildman–Crippen MR) is 58.6 cm³/mol. The van der Waals surface area contributed by atoms with Crippen LogP contribution in [0.25, 0.3) is 0 Å². The zero-order valence-electron chi connectivity index (χ0n) is 9.43. The lowest BCUT2D eigenvalue weighted by molar-refractivity contribution is -0.139. The second kappa shape index (κ2) is 6.27. The summed E-state index contributed by atoms with van der Waals surface area (Å²) in [5.74, 6) is -1.55. The minimum absolute atomic E-state index is 0.176. The van der Waals surface area contributed by atoms with Gasteiger partial charge in [-0.25, -0.2) is 0 Å². The lowest BCUT2D eigenvalue weighted by atomic mass is 10.4. The van der Waals surface area contributed by atoms with Crippen molar-refractivity contribution in [1.29, 1.82) is 5.26 Å². The van der Waals surface area contributed by atoms with Crippen LogP contribution in [0, 0.1) is 18.3 Å².